The molecule has 2 N–H and O–H groups in total. The second-order valence-electron chi connectivity index (χ2n) is 4.00. The van der Waals surface area contributed by atoms with Gasteiger partial charge in [0.1, 0.15) is 0 Å². The number of nitrogens with two attached hydrogens (primary N) is 1. The maximum atomic E-state index is 12.0. The van der Waals surface area contributed by atoms with Crippen LogP contribution < -0.4 is 10.6 Å². The second-order valence-corrected chi connectivity index (χ2v) is 4.00. The van der Waals surface area contributed by atoms with Gasteiger partial charge in [0.2, 0.25) is 5.91 Å². The van der Waals surface area contributed by atoms with Crippen LogP contribution in [0.4, 0.5) is 11.4 Å². The lowest BCUT2D eigenvalue weighted by Crippen LogP contribution is -2.29. The first-order valence-corrected chi connectivity index (χ1v) is 5.36. The fourth-order valence-corrected chi connectivity index (χ4v) is 2.16. The number of amides is 1. The van der Waals surface area contributed by atoms with Gasteiger partial charge in [0.05, 0.1) is 17.3 Å². The van der Waals surface area contributed by atoms with Gasteiger partial charge in [-0.15, -0.1) is 0 Å². The van der Waals surface area contributed by atoms with Crippen LogP contribution in [0.5, 0.6) is 0 Å². The number of para-hydroxylation sites is 1. The maximum absolute atomic E-state index is 12.0. The van der Waals surface area contributed by atoms with Crippen molar-refractivity contribution < 1.29 is 4.79 Å². The highest BCUT2D eigenvalue weighted by Gasteiger charge is 2.34. The third-order valence-electron chi connectivity index (χ3n) is 2.92. The van der Waals surface area contributed by atoms with Crippen molar-refractivity contribution >= 4 is 17.3 Å². The number of rotatable bonds is 2. The molecular weight excluding hydrogens is 188 g/mol. The van der Waals surface area contributed by atoms with E-state index in [1.807, 2.05) is 30.0 Å². The summed E-state index contributed by atoms with van der Waals surface area (Å²) < 4.78 is 0. The van der Waals surface area contributed by atoms with Crippen LogP contribution in [0.15, 0.2) is 18.2 Å². The van der Waals surface area contributed by atoms with Gasteiger partial charge < -0.3 is 10.6 Å². The van der Waals surface area contributed by atoms with E-state index < -0.39 is 0 Å². The van der Waals surface area contributed by atoms with E-state index in [1.54, 1.807) is 0 Å². The average molecular weight is 204 g/mol. The summed E-state index contributed by atoms with van der Waals surface area (Å²) in [6, 6.07) is 5.75. The molecule has 0 saturated heterocycles. The molecule has 1 amide bonds. The standard InChI is InChI=1S/C12H16N2O/c1-3-7-14-11-9(8(2)12(14)15)5-4-6-10(11)13/h4-6,8H,3,7,13H2,1-2H3. The number of nitrogen functional groups attached to an aromatic ring is 1. The minimum atomic E-state index is -0.0463. The number of carbonyl (C=O) groups excluding carboxylic acids is 1. The number of nitrogens with zero attached hydrogens (tertiary/aromatic N) is 1. The van der Waals surface area contributed by atoms with Gasteiger partial charge in [-0.3, -0.25) is 4.79 Å². The monoisotopic (exact) mass is 204 g/mol. The fourth-order valence-electron chi connectivity index (χ4n) is 2.16. The van der Waals surface area contributed by atoms with Crippen LogP contribution in [0.3, 0.4) is 0 Å². The molecule has 2 rings (SSSR count). The fraction of sp³-hybridized carbons (Fsp3) is 0.417. The van der Waals surface area contributed by atoms with E-state index in [4.69, 9.17) is 5.73 Å². The third-order valence-corrected chi connectivity index (χ3v) is 2.92. The Balaban J connectivity index is 2.51. The van der Waals surface area contributed by atoms with Gasteiger partial charge in [0, 0.05) is 6.54 Å². The lowest BCUT2D eigenvalue weighted by atomic mass is 10.0. The minimum absolute atomic E-state index is 0.0463. The predicted molar refractivity (Wildman–Crippen MR) is 61.9 cm³/mol. The molecular formula is C12H16N2O. The molecule has 0 saturated carbocycles. The summed E-state index contributed by atoms with van der Waals surface area (Å²) in [7, 11) is 0. The molecule has 1 unspecified atom stereocenters. The first kappa shape index (κ1) is 10.0. The van der Waals surface area contributed by atoms with Crippen LogP contribution in [0.1, 0.15) is 31.7 Å². The molecule has 3 nitrogen and oxygen atoms in total. The zero-order chi connectivity index (χ0) is 11.0. The number of anilines is 2. The Labute approximate surface area is 89.9 Å². The molecule has 1 aliphatic rings. The van der Waals surface area contributed by atoms with Crippen LogP contribution in [0, 0.1) is 0 Å². The molecule has 1 aromatic rings. The van der Waals surface area contributed by atoms with Crippen molar-refractivity contribution in [2.24, 2.45) is 0 Å². The van der Waals surface area contributed by atoms with Gasteiger partial charge in [0.25, 0.3) is 0 Å². The molecule has 0 radical (unpaired) electrons. The van der Waals surface area contributed by atoms with E-state index in [-0.39, 0.29) is 11.8 Å². The summed E-state index contributed by atoms with van der Waals surface area (Å²) in [5, 5.41) is 0. The summed E-state index contributed by atoms with van der Waals surface area (Å²) >= 11 is 0. The largest absolute Gasteiger partial charge is 0.397 e. The van der Waals surface area contributed by atoms with Crippen LogP contribution in [-0.2, 0) is 4.79 Å². The van der Waals surface area contributed by atoms with Crippen molar-refractivity contribution in [2.75, 3.05) is 17.2 Å². The summed E-state index contributed by atoms with van der Waals surface area (Å²) in [6.07, 6.45) is 0.951. The number of benzene rings is 1. The molecule has 0 aromatic heterocycles. The number of fused-ring (bicyclic) bond motifs is 1. The van der Waals surface area contributed by atoms with Crippen LogP contribution in [-0.4, -0.2) is 12.5 Å². The molecule has 1 heterocycles. The van der Waals surface area contributed by atoms with Crippen molar-refractivity contribution in [1.29, 1.82) is 0 Å². The Kier molecular flexibility index (Phi) is 2.39. The normalized spacial score (nSPS) is 19.5. The Hall–Kier alpha value is -1.51. The van der Waals surface area contributed by atoms with Crippen molar-refractivity contribution in [3.8, 4) is 0 Å². The van der Waals surface area contributed by atoms with Gasteiger partial charge >= 0.3 is 0 Å². The molecule has 0 aliphatic carbocycles. The summed E-state index contributed by atoms with van der Waals surface area (Å²) in [5.41, 5.74) is 8.62. The summed E-state index contributed by atoms with van der Waals surface area (Å²) in [5.74, 6) is 0.125. The molecule has 15 heavy (non-hydrogen) atoms. The van der Waals surface area contributed by atoms with Gasteiger partial charge in [0.15, 0.2) is 0 Å². The summed E-state index contributed by atoms with van der Waals surface area (Å²) in [6.45, 7) is 4.76. The van der Waals surface area contributed by atoms with E-state index in [1.165, 1.54) is 0 Å². The van der Waals surface area contributed by atoms with Gasteiger partial charge in [-0.1, -0.05) is 19.1 Å². The number of carbonyl (C=O) groups is 1. The van der Waals surface area contributed by atoms with E-state index in [0.29, 0.717) is 5.69 Å². The molecule has 1 aromatic carbocycles. The average Bonchev–Trinajstić information content (AvgIpc) is 2.46. The number of hydrogen-bond acceptors (Lipinski definition) is 2. The van der Waals surface area contributed by atoms with E-state index in [2.05, 4.69) is 6.92 Å². The van der Waals surface area contributed by atoms with Crippen molar-refractivity contribution in [3.63, 3.8) is 0 Å². The van der Waals surface area contributed by atoms with Crippen LogP contribution in [0.2, 0.25) is 0 Å². The Morgan fingerprint density at radius 3 is 2.87 bits per heavy atom. The zero-order valence-corrected chi connectivity index (χ0v) is 9.16. The summed E-state index contributed by atoms with van der Waals surface area (Å²) in [4.78, 5) is 13.8. The first-order chi connectivity index (χ1) is 7.16. The maximum Gasteiger partial charge on any atom is 0.234 e. The van der Waals surface area contributed by atoms with Crippen LogP contribution in [0.25, 0.3) is 0 Å². The lowest BCUT2D eigenvalue weighted by Gasteiger charge is -2.18. The predicted octanol–water partition coefficient (Wildman–Crippen LogP) is 2.13. The number of hydrogen-bond donors (Lipinski definition) is 1. The van der Waals surface area contributed by atoms with Crippen molar-refractivity contribution in [1.82, 2.24) is 0 Å². The molecule has 0 fully saturated rings. The highest BCUT2D eigenvalue weighted by molar-refractivity contribution is 6.07. The Morgan fingerprint density at radius 2 is 2.20 bits per heavy atom. The second kappa shape index (κ2) is 3.57. The molecule has 1 aliphatic heterocycles. The van der Waals surface area contributed by atoms with Crippen molar-refractivity contribution in [2.45, 2.75) is 26.2 Å². The lowest BCUT2D eigenvalue weighted by molar-refractivity contribution is -0.118. The quantitative estimate of drug-likeness (QED) is 0.750. The van der Waals surface area contributed by atoms with Gasteiger partial charge in [-0.2, -0.15) is 0 Å². The highest BCUT2D eigenvalue weighted by Crippen LogP contribution is 2.40. The molecule has 0 bridgehead atoms. The zero-order valence-electron chi connectivity index (χ0n) is 9.16. The van der Waals surface area contributed by atoms with Crippen LogP contribution >= 0.6 is 0 Å². The van der Waals surface area contributed by atoms with E-state index in [9.17, 15) is 4.79 Å². The Morgan fingerprint density at radius 1 is 1.47 bits per heavy atom. The Bertz CT molecular complexity index is 401. The molecule has 3 heteroatoms. The SMILES string of the molecule is CCCN1C(=O)C(C)c2cccc(N)c21. The van der Waals surface area contributed by atoms with Gasteiger partial charge in [-0.25, -0.2) is 0 Å². The minimum Gasteiger partial charge on any atom is -0.397 e. The van der Waals surface area contributed by atoms with Crippen molar-refractivity contribution in [3.05, 3.63) is 23.8 Å². The molecule has 1 atom stereocenters. The molecule has 80 valence electrons. The first-order valence-electron chi connectivity index (χ1n) is 5.36. The topological polar surface area (TPSA) is 46.3 Å². The van der Waals surface area contributed by atoms with E-state index >= 15 is 0 Å². The smallest absolute Gasteiger partial charge is 0.234 e. The molecule has 0 spiro atoms. The van der Waals surface area contributed by atoms with E-state index in [0.717, 1.165) is 24.2 Å². The third kappa shape index (κ3) is 1.39. The van der Waals surface area contributed by atoms with Gasteiger partial charge in [-0.05, 0) is 25.0 Å². The highest BCUT2D eigenvalue weighted by atomic mass is 16.2.